The van der Waals surface area contributed by atoms with Gasteiger partial charge in [-0.2, -0.15) is 0 Å². The zero-order chi connectivity index (χ0) is 20.0. The van der Waals surface area contributed by atoms with Crippen molar-refractivity contribution in [3.8, 4) is 0 Å². The lowest BCUT2D eigenvalue weighted by Crippen LogP contribution is -2.32. The molecule has 1 saturated heterocycles. The van der Waals surface area contributed by atoms with Crippen LogP contribution >= 0.6 is 0 Å². The molecule has 2 N–H and O–H groups in total. The fourth-order valence-corrected chi connectivity index (χ4v) is 3.81. The molecule has 1 atom stereocenters. The summed E-state index contributed by atoms with van der Waals surface area (Å²) in [6, 6.07) is 14.5. The number of amides is 3. The number of aromatic amines is 1. The molecule has 0 aliphatic carbocycles. The van der Waals surface area contributed by atoms with Gasteiger partial charge < -0.3 is 10.3 Å². The Kier molecular flexibility index (Phi) is 4.01. The van der Waals surface area contributed by atoms with Gasteiger partial charge in [0.1, 0.15) is 6.04 Å². The molecule has 0 saturated carbocycles. The molecule has 144 valence electrons. The van der Waals surface area contributed by atoms with Crippen LogP contribution in [0.5, 0.6) is 0 Å². The van der Waals surface area contributed by atoms with Gasteiger partial charge in [-0.3, -0.25) is 9.69 Å². The van der Waals surface area contributed by atoms with Crippen molar-refractivity contribution in [2.45, 2.75) is 25.9 Å². The van der Waals surface area contributed by atoms with E-state index in [-0.39, 0.29) is 12.5 Å². The van der Waals surface area contributed by atoms with Gasteiger partial charge in [0.2, 0.25) is 0 Å². The van der Waals surface area contributed by atoms with Gasteiger partial charge in [0.05, 0.1) is 29.0 Å². The van der Waals surface area contributed by atoms with Gasteiger partial charge in [-0.15, -0.1) is 0 Å². The number of para-hydroxylation sites is 3. The van der Waals surface area contributed by atoms with Crippen molar-refractivity contribution in [1.29, 1.82) is 0 Å². The van der Waals surface area contributed by atoms with Crippen molar-refractivity contribution in [3.63, 3.8) is 0 Å². The maximum Gasteiger partial charge on any atom is 0.325 e. The highest BCUT2D eigenvalue weighted by molar-refractivity contribution is 6.04. The molecule has 0 spiro atoms. The SMILES string of the molecule is Cc1nc2ccccc2nc1CN1C(=O)N[C@H](Cc2c[nH]c3ccccc23)C1=O. The molecule has 7 nitrogen and oxygen atoms in total. The molecule has 2 aromatic heterocycles. The number of aryl methyl sites for hydroxylation is 1. The molecule has 0 radical (unpaired) electrons. The zero-order valence-corrected chi connectivity index (χ0v) is 15.8. The third-order valence-corrected chi connectivity index (χ3v) is 5.36. The van der Waals surface area contributed by atoms with E-state index in [9.17, 15) is 9.59 Å². The first-order valence-corrected chi connectivity index (χ1v) is 9.49. The van der Waals surface area contributed by atoms with E-state index in [1.165, 1.54) is 4.90 Å². The largest absolute Gasteiger partial charge is 0.361 e. The average Bonchev–Trinajstić information content (AvgIpc) is 3.25. The third-order valence-electron chi connectivity index (χ3n) is 5.36. The fourth-order valence-electron chi connectivity index (χ4n) is 3.81. The van der Waals surface area contributed by atoms with Crippen LogP contribution in [0.3, 0.4) is 0 Å². The van der Waals surface area contributed by atoms with Crippen LogP contribution in [-0.4, -0.2) is 37.8 Å². The Labute approximate surface area is 166 Å². The highest BCUT2D eigenvalue weighted by Gasteiger charge is 2.38. The summed E-state index contributed by atoms with van der Waals surface area (Å²) in [7, 11) is 0. The molecular formula is C22H19N5O2. The number of carbonyl (C=O) groups excluding carboxylic acids is 2. The second-order valence-corrected chi connectivity index (χ2v) is 7.23. The van der Waals surface area contributed by atoms with E-state index in [0.717, 1.165) is 27.5 Å². The van der Waals surface area contributed by atoms with Crippen LogP contribution in [0.15, 0.2) is 54.7 Å². The minimum Gasteiger partial charge on any atom is -0.361 e. The maximum absolute atomic E-state index is 12.9. The van der Waals surface area contributed by atoms with Crippen LogP contribution in [0.2, 0.25) is 0 Å². The number of imide groups is 1. The lowest BCUT2D eigenvalue weighted by molar-refractivity contribution is -0.127. The molecule has 1 aliphatic heterocycles. The lowest BCUT2D eigenvalue weighted by Gasteiger charge is -2.14. The number of benzene rings is 2. The van der Waals surface area contributed by atoms with Crippen LogP contribution in [0.25, 0.3) is 21.9 Å². The minimum atomic E-state index is -0.588. The molecular weight excluding hydrogens is 366 g/mol. The Morgan fingerprint density at radius 3 is 2.55 bits per heavy atom. The summed E-state index contributed by atoms with van der Waals surface area (Å²) in [6.45, 7) is 1.95. The minimum absolute atomic E-state index is 0.110. The van der Waals surface area contributed by atoms with Gasteiger partial charge in [-0.1, -0.05) is 30.3 Å². The van der Waals surface area contributed by atoms with E-state index < -0.39 is 12.1 Å². The zero-order valence-electron chi connectivity index (χ0n) is 15.8. The summed E-state index contributed by atoms with van der Waals surface area (Å²) in [5.41, 5.74) is 4.89. The summed E-state index contributed by atoms with van der Waals surface area (Å²) in [4.78, 5) is 39.0. The van der Waals surface area contributed by atoms with E-state index in [1.807, 2.05) is 61.7 Å². The summed E-state index contributed by atoms with van der Waals surface area (Å²) in [5.74, 6) is -0.241. The van der Waals surface area contributed by atoms with Gasteiger partial charge in [-0.25, -0.2) is 14.8 Å². The standard InChI is InChI=1S/C22H19N5O2/c1-13-20(25-18-9-5-4-8-17(18)24-13)12-27-21(28)19(26-22(27)29)10-14-11-23-16-7-3-2-6-15(14)16/h2-9,11,19,23H,10,12H2,1H3,(H,26,29)/t19-/m1/s1. The number of hydrogen-bond donors (Lipinski definition) is 2. The Hall–Kier alpha value is -3.74. The first-order chi connectivity index (χ1) is 14.1. The highest BCUT2D eigenvalue weighted by atomic mass is 16.2. The number of hydrogen-bond acceptors (Lipinski definition) is 4. The molecule has 3 heterocycles. The number of H-pyrrole nitrogens is 1. The first-order valence-electron chi connectivity index (χ1n) is 9.49. The van der Waals surface area contributed by atoms with Crippen LogP contribution in [0, 0.1) is 6.92 Å². The number of carbonyl (C=O) groups is 2. The molecule has 1 aliphatic rings. The number of fused-ring (bicyclic) bond motifs is 2. The monoisotopic (exact) mass is 385 g/mol. The lowest BCUT2D eigenvalue weighted by atomic mass is 10.1. The molecule has 0 unspecified atom stereocenters. The molecule has 4 aromatic rings. The summed E-state index contributed by atoms with van der Waals surface area (Å²) < 4.78 is 0. The Balaban J connectivity index is 1.39. The molecule has 7 heteroatoms. The maximum atomic E-state index is 12.9. The summed E-state index contributed by atoms with van der Waals surface area (Å²) >= 11 is 0. The van der Waals surface area contributed by atoms with Crippen molar-refractivity contribution in [1.82, 2.24) is 25.2 Å². The first kappa shape index (κ1) is 17.4. The van der Waals surface area contributed by atoms with E-state index in [2.05, 4.69) is 20.3 Å². The van der Waals surface area contributed by atoms with Crippen molar-refractivity contribution in [2.75, 3.05) is 0 Å². The molecule has 29 heavy (non-hydrogen) atoms. The van der Waals surface area contributed by atoms with E-state index in [1.54, 1.807) is 0 Å². The van der Waals surface area contributed by atoms with Gasteiger partial charge in [0.25, 0.3) is 5.91 Å². The van der Waals surface area contributed by atoms with Crippen molar-refractivity contribution >= 4 is 33.9 Å². The molecule has 1 fully saturated rings. The second kappa shape index (κ2) is 6.70. The predicted molar refractivity (Wildman–Crippen MR) is 109 cm³/mol. The van der Waals surface area contributed by atoms with Gasteiger partial charge in [0.15, 0.2) is 0 Å². The molecule has 2 aromatic carbocycles. The number of nitrogens with zero attached hydrogens (tertiary/aromatic N) is 3. The molecule has 0 bridgehead atoms. The predicted octanol–water partition coefficient (Wildman–Crippen LogP) is 3.08. The van der Waals surface area contributed by atoms with Gasteiger partial charge in [-0.05, 0) is 30.7 Å². The van der Waals surface area contributed by atoms with Gasteiger partial charge in [0, 0.05) is 23.5 Å². The van der Waals surface area contributed by atoms with Crippen molar-refractivity contribution < 1.29 is 9.59 Å². The average molecular weight is 385 g/mol. The van der Waals surface area contributed by atoms with E-state index in [0.29, 0.717) is 17.8 Å². The smallest absolute Gasteiger partial charge is 0.325 e. The number of nitrogens with one attached hydrogen (secondary N) is 2. The van der Waals surface area contributed by atoms with Crippen molar-refractivity contribution in [3.05, 3.63) is 71.7 Å². The van der Waals surface area contributed by atoms with E-state index in [4.69, 9.17) is 0 Å². The second-order valence-electron chi connectivity index (χ2n) is 7.23. The van der Waals surface area contributed by atoms with Crippen molar-refractivity contribution in [2.24, 2.45) is 0 Å². The third kappa shape index (κ3) is 3.00. The van der Waals surface area contributed by atoms with Gasteiger partial charge >= 0.3 is 6.03 Å². The number of rotatable bonds is 4. The quantitative estimate of drug-likeness (QED) is 0.528. The number of aromatic nitrogens is 3. The van der Waals surface area contributed by atoms with E-state index >= 15 is 0 Å². The molecule has 5 rings (SSSR count). The summed E-state index contributed by atoms with van der Waals surface area (Å²) in [6.07, 6.45) is 2.33. The van der Waals surface area contributed by atoms with Crippen LogP contribution < -0.4 is 5.32 Å². The Bertz CT molecular complexity index is 1260. The molecule has 3 amide bonds. The topological polar surface area (TPSA) is 91.0 Å². The highest BCUT2D eigenvalue weighted by Crippen LogP contribution is 2.22. The van der Waals surface area contributed by atoms with Crippen LogP contribution in [0.1, 0.15) is 17.0 Å². The fraction of sp³-hybridized carbons (Fsp3) is 0.182. The van der Waals surface area contributed by atoms with Crippen LogP contribution in [-0.2, 0) is 17.8 Å². The van der Waals surface area contributed by atoms with Crippen LogP contribution in [0.4, 0.5) is 4.79 Å². The summed E-state index contributed by atoms with van der Waals surface area (Å²) in [5, 5.41) is 3.87. The number of urea groups is 1. The normalized spacial score (nSPS) is 16.7. The Morgan fingerprint density at radius 2 is 1.72 bits per heavy atom. The Morgan fingerprint density at radius 1 is 1.00 bits per heavy atom.